The molecule has 1 aromatic heterocycles. The second-order valence-corrected chi connectivity index (χ2v) is 5.77. The summed E-state index contributed by atoms with van der Waals surface area (Å²) in [5, 5.41) is 5.19. The van der Waals surface area contributed by atoms with E-state index < -0.39 is 5.79 Å². The number of hydrogen-bond donors (Lipinski definition) is 0. The normalized spacial score (nSPS) is 24.8. The first-order valence-electron chi connectivity index (χ1n) is 6.76. The highest BCUT2D eigenvalue weighted by Gasteiger charge is 2.49. The fraction of sp³-hybridized carbons (Fsp3) is 0.429. The topological polar surface area (TPSA) is 49.2 Å². The van der Waals surface area contributed by atoms with Gasteiger partial charge < -0.3 is 9.47 Å². The number of rotatable bonds is 5. The summed E-state index contributed by atoms with van der Waals surface area (Å²) in [5.41, 5.74) is 0.747. The van der Waals surface area contributed by atoms with Gasteiger partial charge >= 0.3 is 0 Å². The van der Waals surface area contributed by atoms with Gasteiger partial charge in [0, 0.05) is 10.6 Å². The monoisotopic (exact) mass is 327 g/mol. The lowest BCUT2D eigenvalue weighted by Crippen LogP contribution is -2.53. The highest BCUT2D eigenvalue weighted by molar-refractivity contribution is 6.35. The van der Waals surface area contributed by atoms with Crippen LogP contribution in [-0.2, 0) is 21.8 Å². The molecule has 0 radical (unpaired) electrons. The zero-order valence-corrected chi connectivity index (χ0v) is 13.0. The van der Waals surface area contributed by atoms with Crippen molar-refractivity contribution < 1.29 is 9.47 Å². The van der Waals surface area contributed by atoms with Gasteiger partial charge in [0.25, 0.3) is 0 Å². The molecule has 0 atom stereocenters. The van der Waals surface area contributed by atoms with E-state index in [1.807, 2.05) is 6.07 Å². The van der Waals surface area contributed by atoms with Gasteiger partial charge in [-0.3, -0.25) is 0 Å². The molecular formula is C14H15Cl2N3O2. The van der Waals surface area contributed by atoms with Gasteiger partial charge in [-0.05, 0) is 18.6 Å². The van der Waals surface area contributed by atoms with E-state index in [1.54, 1.807) is 23.1 Å². The quantitative estimate of drug-likeness (QED) is 0.841. The zero-order chi connectivity index (χ0) is 14.9. The van der Waals surface area contributed by atoms with Crippen molar-refractivity contribution in [2.75, 3.05) is 0 Å². The highest BCUT2D eigenvalue weighted by Crippen LogP contribution is 2.45. The lowest BCUT2D eigenvalue weighted by molar-refractivity contribution is -0.468. The summed E-state index contributed by atoms with van der Waals surface area (Å²) < 4.78 is 13.7. The highest BCUT2D eigenvalue weighted by atomic mass is 35.5. The van der Waals surface area contributed by atoms with E-state index in [-0.39, 0.29) is 6.29 Å². The molecule has 7 heteroatoms. The molecule has 0 amide bonds. The fourth-order valence-corrected chi connectivity index (χ4v) is 2.95. The smallest absolute Gasteiger partial charge is 0.221 e. The molecule has 1 fully saturated rings. The van der Waals surface area contributed by atoms with E-state index in [4.69, 9.17) is 32.7 Å². The van der Waals surface area contributed by atoms with Crippen LogP contribution in [0, 0.1) is 0 Å². The number of halogens is 2. The predicted molar refractivity (Wildman–Crippen MR) is 79.0 cm³/mol. The van der Waals surface area contributed by atoms with Crippen LogP contribution in [-0.4, -0.2) is 21.1 Å². The van der Waals surface area contributed by atoms with Crippen molar-refractivity contribution in [2.24, 2.45) is 0 Å². The molecule has 1 saturated heterocycles. The van der Waals surface area contributed by atoms with E-state index in [0.29, 0.717) is 16.6 Å². The first kappa shape index (κ1) is 14.8. The van der Waals surface area contributed by atoms with Crippen LogP contribution in [0.5, 0.6) is 0 Å². The summed E-state index contributed by atoms with van der Waals surface area (Å²) in [5.74, 6) is -0.935. The molecule has 0 saturated carbocycles. The molecule has 0 N–H and O–H groups in total. The standard InChI is InChI=1S/C14H15Cl2N3O2/c1-2-3-13-20-14(21-13,7-19-9-17-8-18-19)11-5-4-10(15)6-12(11)16/h4-6,8-9,13H,2-3,7H2,1H3. The minimum absolute atomic E-state index is 0.217. The summed E-state index contributed by atoms with van der Waals surface area (Å²) in [6.07, 6.45) is 4.69. The molecule has 0 spiro atoms. The number of benzene rings is 1. The maximum absolute atomic E-state index is 6.30. The van der Waals surface area contributed by atoms with Crippen molar-refractivity contribution in [3.8, 4) is 0 Å². The SMILES string of the molecule is CCCC1OC(Cn2cncn2)(c2ccc(Cl)cc2Cl)O1. The van der Waals surface area contributed by atoms with Crippen molar-refractivity contribution >= 4 is 23.2 Å². The Bertz CT molecular complexity index is 613. The Balaban J connectivity index is 1.89. The van der Waals surface area contributed by atoms with Gasteiger partial charge in [0.15, 0.2) is 6.29 Å². The van der Waals surface area contributed by atoms with Crippen LogP contribution in [0.3, 0.4) is 0 Å². The second-order valence-electron chi connectivity index (χ2n) is 4.92. The number of hydrogen-bond acceptors (Lipinski definition) is 4. The fourth-order valence-electron chi connectivity index (χ4n) is 2.40. The van der Waals surface area contributed by atoms with Crippen LogP contribution >= 0.6 is 23.2 Å². The largest absolute Gasteiger partial charge is 0.315 e. The van der Waals surface area contributed by atoms with Gasteiger partial charge in [0.1, 0.15) is 19.2 Å². The molecule has 1 aliphatic heterocycles. The molecule has 0 unspecified atom stereocenters. The molecule has 1 aliphatic rings. The molecule has 1 aromatic carbocycles. The second kappa shape index (κ2) is 5.93. The third-order valence-electron chi connectivity index (χ3n) is 3.35. The van der Waals surface area contributed by atoms with E-state index in [1.165, 1.54) is 6.33 Å². The van der Waals surface area contributed by atoms with Gasteiger partial charge in [0.2, 0.25) is 5.79 Å². The Morgan fingerprint density at radius 1 is 1.33 bits per heavy atom. The van der Waals surface area contributed by atoms with Crippen LogP contribution in [0.4, 0.5) is 0 Å². The van der Waals surface area contributed by atoms with Gasteiger partial charge in [-0.1, -0.05) is 42.6 Å². The maximum atomic E-state index is 6.30. The third-order valence-corrected chi connectivity index (χ3v) is 3.89. The van der Waals surface area contributed by atoms with Crippen LogP contribution < -0.4 is 0 Å². The lowest BCUT2D eigenvalue weighted by atomic mass is 10.0. The number of aromatic nitrogens is 3. The third kappa shape index (κ3) is 2.92. The van der Waals surface area contributed by atoms with Crippen molar-refractivity contribution in [2.45, 2.75) is 38.4 Å². The molecule has 3 rings (SSSR count). The first-order valence-corrected chi connectivity index (χ1v) is 7.52. The molecule has 0 bridgehead atoms. The molecule has 5 nitrogen and oxygen atoms in total. The van der Waals surface area contributed by atoms with E-state index in [2.05, 4.69) is 17.0 Å². The maximum Gasteiger partial charge on any atom is 0.221 e. The van der Waals surface area contributed by atoms with E-state index >= 15 is 0 Å². The van der Waals surface area contributed by atoms with E-state index in [9.17, 15) is 0 Å². The van der Waals surface area contributed by atoms with Crippen molar-refractivity contribution in [1.82, 2.24) is 14.8 Å². The Hall–Kier alpha value is -1.14. The Kier molecular flexibility index (Phi) is 4.17. The molecule has 2 heterocycles. The summed E-state index contributed by atoms with van der Waals surface area (Å²) in [6, 6.07) is 5.27. The van der Waals surface area contributed by atoms with Crippen LogP contribution in [0.25, 0.3) is 0 Å². The van der Waals surface area contributed by atoms with Crippen molar-refractivity contribution in [1.29, 1.82) is 0 Å². The summed E-state index contributed by atoms with van der Waals surface area (Å²) in [7, 11) is 0. The molecule has 2 aromatic rings. The van der Waals surface area contributed by atoms with Gasteiger partial charge in [-0.25, -0.2) is 9.67 Å². The Labute approximate surface area is 132 Å². The minimum atomic E-state index is -0.935. The minimum Gasteiger partial charge on any atom is -0.315 e. The lowest BCUT2D eigenvalue weighted by Gasteiger charge is -2.47. The number of ether oxygens (including phenoxy) is 2. The van der Waals surface area contributed by atoms with Gasteiger partial charge in [0.05, 0.1) is 5.02 Å². The molecular weight excluding hydrogens is 313 g/mol. The van der Waals surface area contributed by atoms with Crippen molar-refractivity contribution in [3.05, 3.63) is 46.5 Å². The Morgan fingerprint density at radius 2 is 2.14 bits per heavy atom. The zero-order valence-electron chi connectivity index (χ0n) is 11.5. The van der Waals surface area contributed by atoms with Crippen LogP contribution in [0.1, 0.15) is 25.3 Å². The van der Waals surface area contributed by atoms with E-state index in [0.717, 1.165) is 18.4 Å². The first-order chi connectivity index (χ1) is 10.1. The van der Waals surface area contributed by atoms with Crippen molar-refractivity contribution in [3.63, 3.8) is 0 Å². The Morgan fingerprint density at radius 3 is 2.76 bits per heavy atom. The number of nitrogens with zero attached hydrogens (tertiary/aromatic N) is 3. The van der Waals surface area contributed by atoms with Gasteiger partial charge in [-0.2, -0.15) is 5.10 Å². The van der Waals surface area contributed by atoms with Crippen LogP contribution in [0.2, 0.25) is 10.0 Å². The summed E-state index contributed by atoms with van der Waals surface area (Å²) >= 11 is 12.3. The molecule has 0 aliphatic carbocycles. The predicted octanol–water partition coefficient (Wildman–Crippen LogP) is 3.61. The summed E-state index contributed by atoms with van der Waals surface area (Å²) in [6.45, 7) is 2.47. The molecule has 112 valence electrons. The molecule has 21 heavy (non-hydrogen) atoms. The van der Waals surface area contributed by atoms with Gasteiger partial charge in [-0.15, -0.1) is 0 Å². The average Bonchev–Trinajstić information content (AvgIpc) is 2.89. The average molecular weight is 328 g/mol. The summed E-state index contributed by atoms with van der Waals surface area (Å²) in [4.78, 5) is 3.94. The van der Waals surface area contributed by atoms with Crippen LogP contribution in [0.15, 0.2) is 30.9 Å².